The standard InChI is InChI=1S/C16H22ClN/c1-11-6-7-13(8-11)18-14-9-12(10-14)15-4-2-3-5-16(15)17/h2-5,11-14,18H,6-10H2,1H3. The topological polar surface area (TPSA) is 12.0 Å². The molecule has 18 heavy (non-hydrogen) atoms. The monoisotopic (exact) mass is 263 g/mol. The summed E-state index contributed by atoms with van der Waals surface area (Å²) in [4.78, 5) is 0. The van der Waals surface area contributed by atoms with Crippen LogP contribution in [-0.4, -0.2) is 12.1 Å². The highest BCUT2D eigenvalue weighted by Crippen LogP contribution is 2.40. The maximum atomic E-state index is 6.25. The summed E-state index contributed by atoms with van der Waals surface area (Å²) < 4.78 is 0. The fraction of sp³-hybridized carbons (Fsp3) is 0.625. The molecule has 2 aliphatic rings. The van der Waals surface area contributed by atoms with Crippen molar-refractivity contribution in [2.24, 2.45) is 5.92 Å². The first kappa shape index (κ1) is 12.5. The summed E-state index contributed by atoms with van der Waals surface area (Å²) in [6.45, 7) is 2.37. The Bertz CT molecular complexity index is 411. The maximum Gasteiger partial charge on any atom is 0.0440 e. The smallest absolute Gasteiger partial charge is 0.0440 e. The van der Waals surface area contributed by atoms with Gasteiger partial charge in [0.2, 0.25) is 0 Å². The third-order valence-corrected chi connectivity index (χ3v) is 4.99. The predicted octanol–water partition coefficient (Wildman–Crippen LogP) is 4.36. The van der Waals surface area contributed by atoms with Crippen molar-refractivity contribution in [2.75, 3.05) is 0 Å². The molecule has 0 saturated heterocycles. The van der Waals surface area contributed by atoms with Crippen molar-refractivity contribution in [1.82, 2.24) is 5.32 Å². The molecule has 98 valence electrons. The van der Waals surface area contributed by atoms with Crippen molar-refractivity contribution in [3.8, 4) is 0 Å². The Balaban J connectivity index is 1.50. The number of halogens is 1. The Morgan fingerprint density at radius 1 is 1.06 bits per heavy atom. The molecule has 2 aliphatic carbocycles. The molecular formula is C16H22ClN. The molecule has 0 spiro atoms. The fourth-order valence-corrected chi connectivity index (χ4v) is 3.80. The van der Waals surface area contributed by atoms with Crippen LogP contribution < -0.4 is 5.32 Å². The molecule has 0 aliphatic heterocycles. The zero-order valence-electron chi connectivity index (χ0n) is 11.0. The van der Waals surface area contributed by atoms with Crippen LogP contribution in [0.1, 0.15) is 50.5 Å². The Labute approximate surface area is 115 Å². The third kappa shape index (κ3) is 2.57. The van der Waals surface area contributed by atoms with Crippen molar-refractivity contribution < 1.29 is 0 Å². The van der Waals surface area contributed by atoms with Crippen molar-refractivity contribution in [1.29, 1.82) is 0 Å². The number of nitrogens with one attached hydrogen (secondary N) is 1. The molecule has 1 aromatic carbocycles. The van der Waals surface area contributed by atoms with Crippen molar-refractivity contribution in [3.05, 3.63) is 34.9 Å². The lowest BCUT2D eigenvalue weighted by Crippen LogP contribution is -2.44. The van der Waals surface area contributed by atoms with Gasteiger partial charge in [-0.3, -0.25) is 0 Å². The van der Waals surface area contributed by atoms with E-state index in [-0.39, 0.29) is 0 Å². The van der Waals surface area contributed by atoms with Gasteiger partial charge in [0.05, 0.1) is 0 Å². The van der Waals surface area contributed by atoms with Gasteiger partial charge in [-0.2, -0.15) is 0 Å². The largest absolute Gasteiger partial charge is 0.311 e. The molecule has 0 radical (unpaired) electrons. The molecule has 0 bridgehead atoms. The highest BCUT2D eigenvalue weighted by Gasteiger charge is 2.33. The first-order chi connectivity index (χ1) is 8.72. The van der Waals surface area contributed by atoms with E-state index in [9.17, 15) is 0 Å². The summed E-state index contributed by atoms with van der Waals surface area (Å²) >= 11 is 6.25. The van der Waals surface area contributed by atoms with Crippen LogP contribution in [0, 0.1) is 5.92 Å². The number of hydrogen-bond donors (Lipinski definition) is 1. The Morgan fingerprint density at radius 2 is 1.83 bits per heavy atom. The average molecular weight is 264 g/mol. The van der Waals surface area contributed by atoms with Gasteiger partial charge in [-0.05, 0) is 55.6 Å². The zero-order chi connectivity index (χ0) is 12.5. The van der Waals surface area contributed by atoms with Crippen LogP contribution in [-0.2, 0) is 0 Å². The molecular weight excluding hydrogens is 242 g/mol. The molecule has 2 saturated carbocycles. The van der Waals surface area contributed by atoms with Gasteiger partial charge in [0.1, 0.15) is 0 Å². The van der Waals surface area contributed by atoms with Crippen molar-refractivity contribution in [2.45, 2.75) is 57.0 Å². The number of rotatable bonds is 3. The first-order valence-corrected chi connectivity index (χ1v) is 7.60. The van der Waals surface area contributed by atoms with E-state index in [1.165, 1.54) is 37.7 Å². The van der Waals surface area contributed by atoms with Crippen molar-refractivity contribution in [3.63, 3.8) is 0 Å². The number of benzene rings is 1. The second-order valence-electron chi connectivity index (χ2n) is 6.17. The quantitative estimate of drug-likeness (QED) is 0.854. The van der Waals surface area contributed by atoms with Gasteiger partial charge in [0.15, 0.2) is 0 Å². The van der Waals surface area contributed by atoms with Crippen LogP contribution in [0.15, 0.2) is 24.3 Å². The highest BCUT2D eigenvalue weighted by molar-refractivity contribution is 6.31. The highest BCUT2D eigenvalue weighted by atomic mass is 35.5. The van der Waals surface area contributed by atoms with Crippen LogP contribution in [0.25, 0.3) is 0 Å². The summed E-state index contributed by atoms with van der Waals surface area (Å²) in [5.74, 6) is 1.59. The summed E-state index contributed by atoms with van der Waals surface area (Å²) in [6, 6.07) is 9.80. The van der Waals surface area contributed by atoms with E-state index in [1.54, 1.807) is 0 Å². The molecule has 2 heteroatoms. The van der Waals surface area contributed by atoms with Gasteiger partial charge in [-0.1, -0.05) is 36.7 Å². The molecule has 1 nitrogen and oxygen atoms in total. The van der Waals surface area contributed by atoms with Gasteiger partial charge >= 0.3 is 0 Å². The molecule has 2 fully saturated rings. The summed E-state index contributed by atoms with van der Waals surface area (Å²) in [7, 11) is 0. The van der Waals surface area contributed by atoms with Crippen LogP contribution in [0.5, 0.6) is 0 Å². The van der Waals surface area contributed by atoms with E-state index in [2.05, 4.69) is 24.4 Å². The second kappa shape index (κ2) is 5.22. The van der Waals surface area contributed by atoms with Gasteiger partial charge in [-0.15, -0.1) is 0 Å². The number of hydrogen-bond acceptors (Lipinski definition) is 1. The predicted molar refractivity (Wildman–Crippen MR) is 77.2 cm³/mol. The Kier molecular flexibility index (Phi) is 3.63. The molecule has 0 heterocycles. The van der Waals surface area contributed by atoms with Crippen molar-refractivity contribution >= 4 is 11.6 Å². The summed E-state index contributed by atoms with van der Waals surface area (Å²) in [5.41, 5.74) is 1.34. The molecule has 1 aromatic rings. The summed E-state index contributed by atoms with van der Waals surface area (Å²) in [6.07, 6.45) is 6.66. The molecule has 3 rings (SSSR count). The molecule has 0 aromatic heterocycles. The van der Waals surface area contributed by atoms with E-state index in [1.807, 2.05) is 12.1 Å². The van der Waals surface area contributed by atoms with Crippen LogP contribution in [0.4, 0.5) is 0 Å². The fourth-order valence-electron chi connectivity index (χ4n) is 3.51. The van der Waals surface area contributed by atoms with Gasteiger partial charge in [0.25, 0.3) is 0 Å². The lowest BCUT2D eigenvalue weighted by atomic mass is 9.75. The average Bonchev–Trinajstić information content (AvgIpc) is 2.70. The SMILES string of the molecule is CC1CCC(NC2CC(c3ccccc3Cl)C2)C1. The lowest BCUT2D eigenvalue weighted by molar-refractivity contribution is 0.263. The van der Waals surface area contributed by atoms with Gasteiger partial charge < -0.3 is 5.32 Å². The lowest BCUT2D eigenvalue weighted by Gasteiger charge is -2.38. The summed E-state index contributed by atoms with van der Waals surface area (Å²) in [5, 5.41) is 4.76. The van der Waals surface area contributed by atoms with Crippen LogP contribution in [0.3, 0.4) is 0 Å². The molecule has 0 amide bonds. The minimum Gasteiger partial charge on any atom is -0.311 e. The van der Waals surface area contributed by atoms with E-state index in [0.717, 1.165) is 23.0 Å². The van der Waals surface area contributed by atoms with E-state index in [4.69, 9.17) is 11.6 Å². The van der Waals surface area contributed by atoms with Gasteiger partial charge in [0, 0.05) is 17.1 Å². The molecule has 2 atom stereocenters. The minimum atomic E-state index is 0.676. The molecule has 1 N–H and O–H groups in total. The van der Waals surface area contributed by atoms with Crippen LogP contribution in [0.2, 0.25) is 5.02 Å². The minimum absolute atomic E-state index is 0.676. The first-order valence-electron chi connectivity index (χ1n) is 7.23. The van der Waals surface area contributed by atoms with E-state index >= 15 is 0 Å². The van der Waals surface area contributed by atoms with E-state index < -0.39 is 0 Å². The maximum absolute atomic E-state index is 6.25. The molecule has 2 unspecified atom stereocenters. The second-order valence-corrected chi connectivity index (χ2v) is 6.58. The zero-order valence-corrected chi connectivity index (χ0v) is 11.8. The van der Waals surface area contributed by atoms with E-state index in [0.29, 0.717) is 5.92 Å². The Morgan fingerprint density at radius 3 is 2.50 bits per heavy atom. The van der Waals surface area contributed by atoms with Gasteiger partial charge in [-0.25, -0.2) is 0 Å². The normalized spacial score (nSPS) is 35.4. The van der Waals surface area contributed by atoms with Crippen LogP contribution >= 0.6 is 11.6 Å². The third-order valence-electron chi connectivity index (χ3n) is 4.65. The Hall–Kier alpha value is -0.530.